The standard InChI is InChI=1S/C20H22N4O3/c1-14-18-16(19(25)21-7-8-24-9-11-26-12-10-24)13-17(22-20(18)27-23-14)15-5-3-2-4-6-15/h2-6,13H,7-12H2,1H3,(H,21,25). The second-order valence-electron chi connectivity index (χ2n) is 6.58. The van der Waals surface area contributed by atoms with Gasteiger partial charge in [-0.3, -0.25) is 9.69 Å². The van der Waals surface area contributed by atoms with Crippen molar-refractivity contribution < 1.29 is 14.1 Å². The molecule has 2 aromatic heterocycles. The van der Waals surface area contributed by atoms with Crippen molar-refractivity contribution in [3.8, 4) is 11.3 Å². The predicted octanol–water partition coefficient (Wildman–Crippen LogP) is 2.26. The van der Waals surface area contributed by atoms with Crippen LogP contribution >= 0.6 is 0 Å². The SMILES string of the molecule is Cc1noc2nc(-c3ccccc3)cc(C(=O)NCCN3CCOCC3)c12. The Balaban J connectivity index is 1.57. The maximum Gasteiger partial charge on any atom is 0.259 e. The summed E-state index contributed by atoms with van der Waals surface area (Å²) in [5.74, 6) is -0.140. The summed E-state index contributed by atoms with van der Waals surface area (Å²) in [7, 11) is 0. The van der Waals surface area contributed by atoms with Gasteiger partial charge in [0, 0.05) is 31.7 Å². The molecule has 0 bridgehead atoms. The van der Waals surface area contributed by atoms with Gasteiger partial charge in [-0.1, -0.05) is 35.5 Å². The monoisotopic (exact) mass is 366 g/mol. The lowest BCUT2D eigenvalue weighted by Gasteiger charge is -2.26. The van der Waals surface area contributed by atoms with E-state index in [2.05, 4.69) is 20.4 Å². The molecule has 3 heterocycles. The Hall–Kier alpha value is -2.77. The second-order valence-corrected chi connectivity index (χ2v) is 6.58. The molecule has 0 aliphatic carbocycles. The topological polar surface area (TPSA) is 80.5 Å². The molecule has 7 nitrogen and oxygen atoms in total. The number of fused-ring (bicyclic) bond motifs is 1. The van der Waals surface area contributed by atoms with E-state index in [1.165, 1.54) is 0 Å². The molecule has 0 radical (unpaired) electrons. The first kappa shape index (κ1) is 17.6. The van der Waals surface area contributed by atoms with Gasteiger partial charge in [-0.15, -0.1) is 0 Å². The number of nitrogens with one attached hydrogen (secondary N) is 1. The first-order valence-corrected chi connectivity index (χ1v) is 9.13. The van der Waals surface area contributed by atoms with Crippen LogP contribution in [0.4, 0.5) is 0 Å². The van der Waals surface area contributed by atoms with Crippen molar-refractivity contribution in [2.45, 2.75) is 6.92 Å². The van der Waals surface area contributed by atoms with Gasteiger partial charge in [0.2, 0.25) is 0 Å². The highest BCUT2D eigenvalue weighted by molar-refractivity contribution is 6.06. The summed E-state index contributed by atoms with van der Waals surface area (Å²) in [6.45, 7) is 6.50. The number of rotatable bonds is 5. The number of nitrogens with zero attached hydrogens (tertiary/aromatic N) is 3. The Morgan fingerprint density at radius 2 is 2.00 bits per heavy atom. The first-order chi connectivity index (χ1) is 13.2. The molecule has 0 spiro atoms. The lowest BCUT2D eigenvalue weighted by atomic mass is 10.1. The Kier molecular flexibility index (Phi) is 5.13. The number of aryl methyl sites for hydroxylation is 1. The summed E-state index contributed by atoms with van der Waals surface area (Å²) < 4.78 is 10.7. The minimum absolute atomic E-state index is 0.140. The fourth-order valence-corrected chi connectivity index (χ4v) is 3.28. The molecule has 1 amide bonds. The second kappa shape index (κ2) is 7.85. The molecule has 0 atom stereocenters. The summed E-state index contributed by atoms with van der Waals surface area (Å²) >= 11 is 0. The molecule has 27 heavy (non-hydrogen) atoms. The van der Waals surface area contributed by atoms with Crippen LogP contribution in [0.5, 0.6) is 0 Å². The van der Waals surface area contributed by atoms with E-state index in [4.69, 9.17) is 9.26 Å². The number of aromatic nitrogens is 2. The third-order valence-electron chi connectivity index (χ3n) is 4.75. The average Bonchev–Trinajstić information content (AvgIpc) is 3.09. The van der Waals surface area contributed by atoms with E-state index >= 15 is 0 Å². The predicted molar refractivity (Wildman–Crippen MR) is 102 cm³/mol. The number of amides is 1. The van der Waals surface area contributed by atoms with Crippen molar-refractivity contribution in [1.29, 1.82) is 0 Å². The van der Waals surface area contributed by atoms with E-state index in [0.29, 0.717) is 34.6 Å². The maximum atomic E-state index is 12.9. The van der Waals surface area contributed by atoms with Crippen LogP contribution in [0, 0.1) is 6.92 Å². The molecule has 1 fully saturated rings. The summed E-state index contributed by atoms with van der Waals surface area (Å²) in [6, 6.07) is 11.5. The first-order valence-electron chi connectivity index (χ1n) is 9.13. The zero-order chi connectivity index (χ0) is 18.6. The summed E-state index contributed by atoms with van der Waals surface area (Å²) in [5, 5.41) is 7.67. The molecule has 1 saturated heterocycles. The minimum atomic E-state index is -0.140. The lowest BCUT2D eigenvalue weighted by Crippen LogP contribution is -2.41. The van der Waals surface area contributed by atoms with Crippen molar-refractivity contribution in [1.82, 2.24) is 20.4 Å². The van der Waals surface area contributed by atoms with Crippen LogP contribution in [-0.4, -0.2) is 60.3 Å². The van der Waals surface area contributed by atoms with E-state index in [-0.39, 0.29) is 5.91 Å². The Morgan fingerprint density at radius 1 is 1.22 bits per heavy atom. The third kappa shape index (κ3) is 3.84. The molecule has 0 saturated carbocycles. The molecule has 140 valence electrons. The molecule has 4 rings (SSSR count). The number of pyridine rings is 1. The van der Waals surface area contributed by atoms with Crippen molar-refractivity contribution in [3.63, 3.8) is 0 Å². The van der Waals surface area contributed by atoms with Gasteiger partial charge in [-0.2, -0.15) is 0 Å². The normalized spacial score (nSPS) is 15.1. The van der Waals surface area contributed by atoms with Gasteiger partial charge in [0.15, 0.2) is 0 Å². The largest absolute Gasteiger partial charge is 0.379 e. The fraction of sp³-hybridized carbons (Fsp3) is 0.350. The van der Waals surface area contributed by atoms with Crippen LogP contribution in [-0.2, 0) is 4.74 Å². The number of morpholine rings is 1. The van der Waals surface area contributed by atoms with Crippen molar-refractivity contribution in [3.05, 3.63) is 47.7 Å². The highest BCUT2D eigenvalue weighted by Crippen LogP contribution is 2.26. The molecular weight excluding hydrogens is 344 g/mol. The Morgan fingerprint density at radius 3 is 2.78 bits per heavy atom. The highest BCUT2D eigenvalue weighted by Gasteiger charge is 2.19. The quantitative estimate of drug-likeness (QED) is 0.746. The van der Waals surface area contributed by atoms with Crippen molar-refractivity contribution in [2.24, 2.45) is 0 Å². The molecular formula is C20H22N4O3. The summed E-state index contributed by atoms with van der Waals surface area (Å²) in [6.07, 6.45) is 0. The number of hydrogen-bond donors (Lipinski definition) is 1. The van der Waals surface area contributed by atoms with Crippen LogP contribution in [0.3, 0.4) is 0 Å². The lowest BCUT2D eigenvalue weighted by molar-refractivity contribution is 0.0383. The van der Waals surface area contributed by atoms with Gasteiger partial charge in [-0.25, -0.2) is 4.98 Å². The van der Waals surface area contributed by atoms with Gasteiger partial charge in [0.25, 0.3) is 11.6 Å². The van der Waals surface area contributed by atoms with Gasteiger partial charge >= 0.3 is 0 Å². The molecule has 1 N–H and O–H groups in total. The van der Waals surface area contributed by atoms with Crippen LogP contribution in [0.1, 0.15) is 16.1 Å². The van der Waals surface area contributed by atoms with E-state index in [0.717, 1.165) is 38.4 Å². The van der Waals surface area contributed by atoms with Crippen LogP contribution in [0.15, 0.2) is 40.9 Å². The van der Waals surface area contributed by atoms with Crippen LogP contribution in [0.25, 0.3) is 22.4 Å². The number of hydrogen-bond acceptors (Lipinski definition) is 6. The molecule has 7 heteroatoms. The smallest absolute Gasteiger partial charge is 0.259 e. The average molecular weight is 366 g/mol. The summed E-state index contributed by atoms with van der Waals surface area (Å²) in [4.78, 5) is 19.7. The molecule has 0 unspecified atom stereocenters. The maximum absolute atomic E-state index is 12.9. The zero-order valence-electron chi connectivity index (χ0n) is 15.3. The molecule has 1 aliphatic heterocycles. The minimum Gasteiger partial charge on any atom is -0.379 e. The van der Waals surface area contributed by atoms with Crippen LogP contribution in [0.2, 0.25) is 0 Å². The van der Waals surface area contributed by atoms with E-state index in [1.807, 2.05) is 43.3 Å². The van der Waals surface area contributed by atoms with E-state index in [1.54, 1.807) is 0 Å². The zero-order valence-corrected chi connectivity index (χ0v) is 15.3. The highest BCUT2D eigenvalue weighted by atomic mass is 16.5. The molecule has 1 aliphatic rings. The Bertz CT molecular complexity index is 933. The van der Waals surface area contributed by atoms with Gasteiger partial charge < -0.3 is 14.6 Å². The van der Waals surface area contributed by atoms with E-state index in [9.17, 15) is 4.79 Å². The van der Waals surface area contributed by atoms with E-state index < -0.39 is 0 Å². The number of ether oxygens (including phenoxy) is 1. The van der Waals surface area contributed by atoms with Crippen molar-refractivity contribution >= 4 is 17.0 Å². The number of carbonyl (C=O) groups is 1. The van der Waals surface area contributed by atoms with Gasteiger partial charge in [0.05, 0.1) is 35.6 Å². The third-order valence-corrected chi connectivity index (χ3v) is 4.75. The number of carbonyl (C=O) groups excluding carboxylic acids is 1. The number of benzene rings is 1. The fourth-order valence-electron chi connectivity index (χ4n) is 3.28. The molecule has 1 aromatic carbocycles. The van der Waals surface area contributed by atoms with Gasteiger partial charge in [0.1, 0.15) is 0 Å². The van der Waals surface area contributed by atoms with Crippen molar-refractivity contribution in [2.75, 3.05) is 39.4 Å². The summed E-state index contributed by atoms with van der Waals surface area (Å²) in [5.41, 5.74) is 3.20. The molecule has 3 aromatic rings. The van der Waals surface area contributed by atoms with Gasteiger partial charge in [-0.05, 0) is 13.0 Å². The Labute approximate surface area is 157 Å². The van der Waals surface area contributed by atoms with Crippen LogP contribution < -0.4 is 5.32 Å².